The largest absolute Gasteiger partial charge is 0.143 e. The Morgan fingerprint density at radius 2 is 1.74 bits per heavy atom. The maximum atomic E-state index is 3.54. The van der Waals surface area contributed by atoms with Gasteiger partial charge in [-0.05, 0) is 41.3 Å². The van der Waals surface area contributed by atoms with Gasteiger partial charge < -0.3 is 0 Å². The highest BCUT2D eigenvalue weighted by atomic mass is 79.9. The summed E-state index contributed by atoms with van der Waals surface area (Å²) in [5, 5.41) is 3.80. The first-order valence-corrected chi connectivity index (χ1v) is 9.14. The third-order valence-corrected chi connectivity index (χ3v) is 5.15. The van der Waals surface area contributed by atoms with Crippen molar-refractivity contribution in [1.82, 2.24) is 0 Å². The second-order valence-corrected chi connectivity index (χ2v) is 7.10. The van der Waals surface area contributed by atoms with Gasteiger partial charge in [-0.25, -0.2) is 0 Å². The van der Waals surface area contributed by atoms with Gasteiger partial charge in [0.1, 0.15) is 0 Å². The van der Waals surface area contributed by atoms with E-state index in [-0.39, 0.29) is 0 Å². The molecule has 0 fully saturated rings. The summed E-state index contributed by atoms with van der Waals surface area (Å²) in [6.45, 7) is 2.28. The zero-order valence-electron chi connectivity index (χ0n) is 11.8. The fourth-order valence-electron chi connectivity index (χ4n) is 2.52. The Hall–Kier alpha value is -0.340. The van der Waals surface area contributed by atoms with Gasteiger partial charge in [0, 0.05) is 9.17 Å². The van der Waals surface area contributed by atoms with Crippen LogP contribution in [0, 0.1) is 0 Å². The van der Waals surface area contributed by atoms with Crippen molar-refractivity contribution in [3.63, 3.8) is 0 Å². The molecule has 0 spiro atoms. The number of benzene rings is 1. The second kappa shape index (κ2) is 8.06. The molecule has 1 aromatic carbocycles. The highest BCUT2D eigenvalue weighted by Crippen LogP contribution is 2.29. The van der Waals surface area contributed by atoms with Crippen molar-refractivity contribution in [2.75, 3.05) is 0 Å². The number of fused-ring (bicyclic) bond motifs is 1. The molecule has 1 aromatic heterocycles. The smallest absolute Gasteiger partial charge is 0.0356 e. The fraction of sp³-hybridized carbons (Fsp3) is 0.529. The van der Waals surface area contributed by atoms with Crippen molar-refractivity contribution in [2.24, 2.45) is 0 Å². The minimum atomic E-state index is 1.18. The van der Waals surface area contributed by atoms with Crippen LogP contribution in [0.2, 0.25) is 0 Å². The molecule has 0 nitrogen and oxygen atoms in total. The van der Waals surface area contributed by atoms with Crippen LogP contribution in [-0.4, -0.2) is 0 Å². The van der Waals surface area contributed by atoms with Crippen LogP contribution < -0.4 is 0 Å². The maximum Gasteiger partial charge on any atom is 0.0356 e. The summed E-state index contributed by atoms with van der Waals surface area (Å²) in [4.78, 5) is 0. The molecular weight excluding hydrogens is 316 g/mol. The lowest BCUT2D eigenvalue weighted by atomic mass is 10.0. The van der Waals surface area contributed by atoms with Gasteiger partial charge in [0.2, 0.25) is 0 Å². The van der Waals surface area contributed by atoms with Crippen LogP contribution >= 0.6 is 27.3 Å². The normalized spacial score (nSPS) is 11.3. The summed E-state index contributed by atoms with van der Waals surface area (Å²) in [6, 6.07) is 6.64. The zero-order valence-corrected chi connectivity index (χ0v) is 14.2. The standard InChI is InChI=1S/C17H23BrS/c1-2-3-4-5-6-7-8-9-14-13-19-17-12-15(18)10-11-16(14)17/h10-13H,2-9H2,1H3. The van der Waals surface area contributed by atoms with Crippen molar-refractivity contribution in [2.45, 2.75) is 58.3 Å². The first-order valence-electron chi connectivity index (χ1n) is 7.47. The monoisotopic (exact) mass is 338 g/mol. The van der Waals surface area contributed by atoms with E-state index < -0.39 is 0 Å². The SMILES string of the molecule is CCCCCCCCCc1csc2cc(Br)ccc12. The Labute approximate surface area is 129 Å². The quantitative estimate of drug-likeness (QED) is 0.456. The van der Waals surface area contributed by atoms with E-state index in [4.69, 9.17) is 0 Å². The van der Waals surface area contributed by atoms with Crippen LogP contribution in [-0.2, 0) is 6.42 Å². The Kier molecular flexibility index (Phi) is 6.39. The lowest BCUT2D eigenvalue weighted by Crippen LogP contribution is -1.85. The first kappa shape index (κ1) is 15.1. The highest BCUT2D eigenvalue weighted by molar-refractivity contribution is 9.10. The van der Waals surface area contributed by atoms with Gasteiger partial charge >= 0.3 is 0 Å². The van der Waals surface area contributed by atoms with Crippen LogP contribution in [0.1, 0.15) is 57.4 Å². The fourth-order valence-corrected chi connectivity index (χ4v) is 4.07. The van der Waals surface area contributed by atoms with E-state index in [0.29, 0.717) is 0 Å². The predicted molar refractivity (Wildman–Crippen MR) is 91.2 cm³/mol. The van der Waals surface area contributed by atoms with E-state index in [2.05, 4.69) is 46.4 Å². The third-order valence-electron chi connectivity index (χ3n) is 3.67. The van der Waals surface area contributed by atoms with Gasteiger partial charge in [0.05, 0.1) is 0 Å². The molecule has 0 radical (unpaired) electrons. The van der Waals surface area contributed by atoms with E-state index in [0.717, 1.165) is 0 Å². The molecule has 0 aliphatic rings. The van der Waals surface area contributed by atoms with Gasteiger partial charge in [-0.15, -0.1) is 11.3 Å². The Balaban J connectivity index is 1.76. The maximum absolute atomic E-state index is 3.54. The van der Waals surface area contributed by atoms with Crippen molar-refractivity contribution in [3.8, 4) is 0 Å². The molecule has 104 valence electrons. The molecule has 0 N–H and O–H groups in total. The first-order chi connectivity index (χ1) is 9.31. The van der Waals surface area contributed by atoms with Crippen molar-refractivity contribution < 1.29 is 0 Å². The van der Waals surface area contributed by atoms with Crippen molar-refractivity contribution in [3.05, 3.63) is 33.6 Å². The molecule has 2 rings (SSSR count). The topological polar surface area (TPSA) is 0 Å². The molecule has 0 atom stereocenters. The van der Waals surface area contributed by atoms with Crippen LogP contribution in [0.25, 0.3) is 10.1 Å². The Morgan fingerprint density at radius 3 is 2.53 bits per heavy atom. The van der Waals surface area contributed by atoms with Gasteiger partial charge in [-0.3, -0.25) is 0 Å². The number of aryl methyl sites for hydroxylation is 1. The highest BCUT2D eigenvalue weighted by Gasteiger charge is 2.04. The predicted octanol–water partition coefficient (Wildman–Crippen LogP) is 6.96. The van der Waals surface area contributed by atoms with Gasteiger partial charge in [0.15, 0.2) is 0 Å². The Bertz CT molecular complexity index is 501. The van der Waals surface area contributed by atoms with Crippen LogP contribution in [0.4, 0.5) is 0 Å². The van der Waals surface area contributed by atoms with Crippen molar-refractivity contribution >= 4 is 37.4 Å². The summed E-state index contributed by atoms with van der Waals surface area (Å²) in [7, 11) is 0. The average Bonchev–Trinajstić information content (AvgIpc) is 2.80. The number of halogens is 1. The number of thiophene rings is 1. The molecule has 0 bridgehead atoms. The van der Waals surface area contributed by atoms with Gasteiger partial charge in [-0.1, -0.05) is 67.4 Å². The third kappa shape index (κ3) is 4.61. The molecular formula is C17H23BrS. The lowest BCUT2D eigenvalue weighted by Gasteiger charge is -2.01. The number of rotatable bonds is 8. The Morgan fingerprint density at radius 1 is 1.00 bits per heavy atom. The average molecular weight is 339 g/mol. The molecule has 0 unspecified atom stereocenters. The molecule has 0 saturated heterocycles. The molecule has 2 aromatic rings. The van der Waals surface area contributed by atoms with E-state index >= 15 is 0 Å². The molecule has 0 aliphatic heterocycles. The number of unbranched alkanes of at least 4 members (excludes halogenated alkanes) is 6. The molecule has 0 aliphatic carbocycles. The van der Waals surface area contributed by atoms with Crippen LogP contribution in [0.3, 0.4) is 0 Å². The lowest BCUT2D eigenvalue weighted by molar-refractivity contribution is 0.590. The van der Waals surface area contributed by atoms with E-state index in [1.807, 2.05) is 11.3 Å². The van der Waals surface area contributed by atoms with Gasteiger partial charge in [-0.2, -0.15) is 0 Å². The summed E-state index contributed by atoms with van der Waals surface area (Å²) < 4.78 is 2.59. The van der Waals surface area contributed by atoms with Gasteiger partial charge in [0.25, 0.3) is 0 Å². The number of hydrogen-bond acceptors (Lipinski definition) is 1. The minimum absolute atomic E-state index is 1.18. The molecule has 19 heavy (non-hydrogen) atoms. The minimum Gasteiger partial charge on any atom is -0.143 e. The second-order valence-electron chi connectivity index (χ2n) is 5.27. The van der Waals surface area contributed by atoms with E-state index in [1.54, 1.807) is 5.56 Å². The van der Waals surface area contributed by atoms with E-state index in [9.17, 15) is 0 Å². The summed E-state index contributed by atoms with van der Waals surface area (Å²) in [5.74, 6) is 0. The zero-order chi connectivity index (χ0) is 13.5. The van der Waals surface area contributed by atoms with E-state index in [1.165, 1.54) is 65.9 Å². The van der Waals surface area contributed by atoms with Crippen LogP contribution in [0.5, 0.6) is 0 Å². The molecule has 1 heterocycles. The summed E-state index contributed by atoms with van der Waals surface area (Å²) >= 11 is 5.42. The van der Waals surface area contributed by atoms with Crippen LogP contribution in [0.15, 0.2) is 28.1 Å². The molecule has 2 heteroatoms. The summed E-state index contributed by atoms with van der Waals surface area (Å²) in [5.41, 5.74) is 1.54. The summed E-state index contributed by atoms with van der Waals surface area (Å²) in [6.07, 6.45) is 11.0. The molecule has 0 amide bonds. The molecule has 0 saturated carbocycles. The number of hydrogen-bond donors (Lipinski definition) is 0. The van der Waals surface area contributed by atoms with Crippen molar-refractivity contribution in [1.29, 1.82) is 0 Å².